The van der Waals surface area contributed by atoms with Gasteiger partial charge in [-0.15, -0.1) is 0 Å². The van der Waals surface area contributed by atoms with E-state index in [2.05, 4.69) is 31.9 Å². The fourth-order valence-electron chi connectivity index (χ4n) is 3.25. The summed E-state index contributed by atoms with van der Waals surface area (Å²) in [7, 11) is 0. The van der Waals surface area contributed by atoms with Crippen molar-refractivity contribution >= 4 is 39.3 Å². The molecule has 1 aliphatic heterocycles. The van der Waals surface area contributed by atoms with Crippen LogP contribution in [0.25, 0.3) is 0 Å². The van der Waals surface area contributed by atoms with Crippen LogP contribution in [-0.4, -0.2) is 34.8 Å². The third kappa shape index (κ3) is 4.56. The van der Waals surface area contributed by atoms with Crippen molar-refractivity contribution in [1.29, 1.82) is 0 Å². The number of phenolic OH excluding ortho intramolecular Hbond substituents is 1. The van der Waals surface area contributed by atoms with Gasteiger partial charge in [-0.25, -0.2) is 11.4 Å². The molecule has 0 spiro atoms. The molecular weight excluding hydrogens is 428 g/mol. The third-order valence-electron chi connectivity index (χ3n) is 4.77. The third-order valence-corrected chi connectivity index (χ3v) is 5.23. The summed E-state index contributed by atoms with van der Waals surface area (Å²) in [5.41, 5.74) is 7.45. The number of rotatable bonds is 7. The number of carbonyl (C=O) groups is 2. The van der Waals surface area contributed by atoms with Gasteiger partial charge in [-0.05, 0) is 51.8 Å². The zero-order chi connectivity index (χ0) is 21.3. The van der Waals surface area contributed by atoms with Crippen LogP contribution in [0.1, 0.15) is 46.1 Å². The molecule has 0 fully saturated rings. The second-order valence-corrected chi connectivity index (χ2v) is 8.92. The maximum absolute atomic E-state index is 12.9. The molecule has 0 atom stereocenters. The summed E-state index contributed by atoms with van der Waals surface area (Å²) in [6.45, 7) is 7.06. The quantitative estimate of drug-likeness (QED) is 0.181. The predicted molar refractivity (Wildman–Crippen MR) is 112 cm³/mol. The lowest BCUT2D eigenvalue weighted by molar-refractivity contribution is -0.126. The average Bonchev–Trinajstić information content (AvgIpc) is 2.74. The zero-order valence-corrected chi connectivity index (χ0v) is 18.1. The van der Waals surface area contributed by atoms with Gasteiger partial charge in [-0.1, -0.05) is 15.9 Å². The maximum atomic E-state index is 12.9. The van der Waals surface area contributed by atoms with Crippen LogP contribution < -0.4 is 27.3 Å². The highest BCUT2D eigenvalue weighted by molar-refractivity contribution is 9.10. The molecule has 0 aliphatic carbocycles. The van der Waals surface area contributed by atoms with E-state index in [0.29, 0.717) is 34.4 Å². The topological polar surface area (TPSA) is 146 Å². The van der Waals surface area contributed by atoms with E-state index in [9.17, 15) is 14.7 Å². The Hall–Kier alpha value is -2.33. The van der Waals surface area contributed by atoms with Gasteiger partial charge >= 0.3 is 0 Å². The number of hydrazine groups is 1. The first kappa shape index (κ1) is 22.0. The first-order valence-corrected chi connectivity index (χ1v) is 9.62. The first-order chi connectivity index (χ1) is 12.9. The monoisotopic (exact) mass is 454 g/mol. The molecule has 10 heteroatoms. The van der Waals surface area contributed by atoms with Gasteiger partial charge in [0.2, 0.25) is 11.8 Å². The Morgan fingerprint density at radius 3 is 2.64 bits per heavy atom. The highest BCUT2D eigenvalue weighted by Crippen LogP contribution is 2.47. The van der Waals surface area contributed by atoms with E-state index in [1.165, 1.54) is 11.0 Å². The molecule has 1 aliphatic rings. The lowest BCUT2D eigenvalue weighted by atomic mass is 9.86. The molecule has 1 aromatic rings. The lowest BCUT2D eigenvalue weighted by Gasteiger charge is -2.28. The minimum atomic E-state index is -0.841. The van der Waals surface area contributed by atoms with Crippen LogP contribution >= 0.6 is 15.9 Å². The van der Waals surface area contributed by atoms with Gasteiger partial charge in [-0.3, -0.25) is 14.5 Å². The number of amides is 2. The molecular formula is C18H27BrN6O3. The number of hydrogen-bond donors (Lipinski definition) is 5. The molecule has 0 aromatic heterocycles. The van der Waals surface area contributed by atoms with E-state index in [4.69, 9.17) is 11.6 Å². The predicted octanol–water partition coefficient (Wildman–Crippen LogP) is 1.19. The Balaban J connectivity index is 2.15. The second kappa shape index (κ2) is 7.96. The van der Waals surface area contributed by atoms with Crippen molar-refractivity contribution in [3.63, 3.8) is 0 Å². The van der Waals surface area contributed by atoms with Crippen LogP contribution in [-0.2, 0) is 15.0 Å². The minimum Gasteiger partial charge on any atom is -0.506 e. The minimum absolute atomic E-state index is 0.0476. The van der Waals surface area contributed by atoms with Gasteiger partial charge < -0.3 is 16.2 Å². The van der Waals surface area contributed by atoms with Crippen LogP contribution in [0.3, 0.4) is 0 Å². The van der Waals surface area contributed by atoms with Gasteiger partial charge in [-0.2, -0.15) is 5.10 Å². The highest BCUT2D eigenvalue weighted by Gasteiger charge is 2.46. The Morgan fingerprint density at radius 2 is 2.04 bits per heavy atom. The number of carbonyl (C=O) groups excluding carboxylic acids is 2. The smallest absolute Gasteiger partial charge is 0.240 e. The van der Waals surface area contributed by atoms with Crippen LogP contribution in [0.5, 0.6) is 5.75 Å². The molecule has 0 bridgehead atoms. The average molecular weight is 455 g/mol. The van der Waals surface area contributed by atoms with E-state index >= 15 is 0 Å². The molecule has 0 radical (unpaired) electrons. The summed E-state index contributed by atoms with van der Waals surface area (Å²) >= 11 is 3.34. The molecule has 0 saturated carbocycles. The Labute approximate surface area is 172 Å². The summed E-state index contributed by atoms with van der Waals surface area (Å²) in [5, 5.41) is 17.0. The largest absolute Gasteiger partial charge is 0.506 e. The lowest BCUT2D eigenvalue weighted by Crippen LogP contribution is -2.49. The van der Waals surface area contributed by atoms with Crippen molar-refractivity contribution in [2.24, 2.45) is 16.7 Å². The normalized spacial score (nSPS) is 16.1. The SMILES string of the molecule is CC(C)(CC/C(N)=N/NN)NC(=O)CN1C(=O)C(C)(C)c2cc(Br)cc(O)c21. The Bertz CT molecular complexity index is 822. The molecule has 0 unspecified atom stereocenters. The first-order valence-electron chi connectivity index (χ1n) is 8.82. The van der Waals surface area contributed by atoms with Gasteiger partial charge in [0, 0.05) is 16.4 Å². The number of fused-ring (bicyclic) bond motifs is 1. The van der Waals surface area contributed by atoms with E-state index in [1.54, 1.807) is 19.9 Å². The molecule has 7 N–H and O–H groups in total. The van der Waals surface area contributed by atoms with Crippen molar-refractivity contribution in [1.82, 2.24) is 10.9 Å². The number of benzene rings is 1. The summed E-state index contributed by atoms with van der Waals surface area (Å²) in [6, 6.07) is 3.30. The van der Waals surface area contributed by atoms with Crippen molar-refractivity contribution in [3.05, 3.63) is 22.2 Å². The number of nitrogens with one attached hydrogen (secondary N) is 2. The number of aromatic hydroxyl groups is 1. The standard InChI is InChI=1S/C18H27BrN6O3/c1-17(2,6-5-13(20)23-24-21)22-14(27)9-25-15-11(18(3,4)16(25)28)7-10(19)8-12(15)26/h7-8,24,26H,5-6,9,21H2,1-4H3,(H2,20,23)(H,22,27). The van der Waals surface area contributed by atoms with Gasteiger partial charge in [0.25, 0.3) is 0 Å². The molecule has 28 heavy (non-hydrogen) atoms. The molecule has 2 rings (SSSR count). The number of nitrogens with two attached hydrogens (primary N) is 2. The fourth-order valence-corrected chi connectivity index (χ4v) is 3.70. The number of phenols is 1. The van der Waals surface area contributed by atoms with E-state index in [-0.39, 0.29) is 24.1 Å². The van der Waals surface area contributed by atoms with Crippen LogP contribution in [0.4, 0.5) is 5.69 Å². The van der Waals surface area contributed by atoms with Crippen molar-refractivity contribution in [2.75, 3.05) is 11.4 Å². The van der Waals surface area contributed by atoms with Crippen LogP contribution in [0, 0.1) is 0 Å². The molecule has 1 aromatic carbocycles. The van der Waals surface area contributed by atoms with Crippen LogP contribution in [0.2, 0.25) is 0 Å². The number of anilines is 1. The second-order valence-electron chi connectivity index (χ2n) is 8.00. The van der Waals surface area contributed by atoms with E-state index in [0.717, 1.165) is 0 Å². The summed E-state index contributed by atoms with van der Waals surface area (Å²) in [5.74, 6) is 4.79. The molecule has 0 saturated heterocycles. The summed E-state index contributed by atoms with van der Waals surface area (Å²) < 4.78 is 0.670. The van der Waals surface area contributed by atoms with Gasteiger partial charge in [0.1, 0.15) is 18.1 Å². The zero-order valence-electron chi connectivity index (χ0n) is 16.5. The molecule has 1 heterocycles. The number of hydrazone groups is 1. The Kier molecular flexibility index (Phi) is 6.24. The van der Waals surface area contributed by atoms with Crippen molar-refractivity contribution in [2.45, 2.75) is 51.5 Å². The highest BCUT2D eigenvalue weighted by atomic mass is 79.9. The number of amidine groups is 1. The maximum Gasteiger partial charge on any atom is 0.240 e. The van der Waals surface area contributed by atoms with E-state index in [1.807, 2.05) is 13.8 Å². The van der Waals surface area contributed by atoms with Gasteiger partial charge in [0.15, 0.2) is 0 Å². The molecule has 154 valence electrons. The van der Waals surface area contributed by atoms with E-state index < -0.39 is 11.0 Å². The number of hydrogen-bond acceptors (Lipinski definition) is 6. The number of halogens is 1. The van der Waals surface area contributed by atoms with Crippen molar-refractivity contribution in [3.8, 4) is 5.75 Å². The summed E-state index contributed by atoms with van der Waals surface area (Å²) in [6.07, 6.45) is 0.967. The van der Waals surface area contributed by atoms with Crippen molar-refractivity contribution < 1.29 is 14.7 Å². The molecule has 2 amide bonds. The fraction of sp³-hybridized carbons (Fsp3) is 0.500. The Morgan fingerprint density at radius 1 is 1.39 bits per heavy atom. The number of nitrogens with zero attached hydrogens (tertiary/aromatic N) is 2. The van der Waals surface area contributed by atoms with Crippen LogP contribution in [0.15, 0.2) is 21.7 Å². The molecule has 9 nitrogen and oxygen atoms in total. The van der Waals surface area contributed by atoms with Gasteiger partial charge in [0.05, 0.1) is 11.1 Å². The summed E-state index contributed by atoms with van der Waals surface area (Å²) in [4.78, 5) is 26.9.